The Morgan fingerprint density at radius 1 is 0.308 bits per heavy atom. The molecule has 2 aliphatic heterocycles. The number of hydrogen-bond donors (Lipinski definition) is 0. The molecule has 0 radical (unpaired) electrons. The molecule has 0 fully saturated rings. The molecule has 122 valence electrons. The molecule has 0 N–H and O–H groups in total. The van der Waals surface area contributed by atoms with Crippen LogP contribution in [-0.4, -0.2) is 0 Å². The third-order valence-corrected chi connectivity index (χ3v) is 5.31. The minimum Gasteiger partial charge on any atom is -0.248 e. The van der Waals surface area contributed by atoms with Crippen LogP contribution < -0.4 is 10.0 Å². The van der Waals surface area contributed by atoms with Crippen molar-refractivity contribution in [1.82, 2.24) is 0 Å². The smallest absolute Gasteiger partial charge is 0.0716 e. The lowest BCUT2D eigenvalue weighted by Crippen LogP contribution is -2.41. The van der Waals surface area contributed by atoms with Gasteiger partial charge in [0, 0.05) is 22.3 Å². The summed E-state index contributed by atoms with van der Waals surface area (Å²) < 4.78 is 0. The Bertz CT molecular complexity index is 978. The van der Waals surface area contributed by atoms with Gasteiger partial charge < -0.3 is 0 Å². The van der Waals surface area contributed by atoms with Gasteiger partial charge in [0.05, 0.1) is 22.7 Å². The maximum Gasteiger partial charge on any atom is 0.0716 e. The summed E-state index contributed by atoms with van der Waals surface area (Å²) in [5.74, 6) is 0. The first-order valence-electron chi connectivity index (χ1n) is 8.90. The maximum absolute atomic E-state index is 2.36. The second-order valence-electron chi connectivity index (χ2n) is 6.69. The molecule has 2 nitrogen and oxygen atoms in total. The van der Waals surface area contributed by atoms with Crippen molar-refractivity contribution in [3.05, 3.63) is 97.1 Å². The minimum absolute atomic E-state index is 1.22. The number of fused-ring (bicyclic) bond motifs is 11. The molecule has 4 aromatic rings. The molecule has 6 rings (SSSR count). The van der Waals surface area contributed by atoms with Crippen LogP contribution in [0.15, 0.2) is 97.1 Å². The van der Waals surface area contributed by atoms with Crippen LogP contribution in [0.5, 0.6) is 0 Å². The third-order valence-electron chi connectivity index (χ3n) is 5.31. The lowest BCUT2D eigenvalue weighted by Gasteiger charge is -2.47. The van der Waals surface area contributed by atoms with E-state index in [0.717, 1.165) is 0 Å². The van der Waals surface area contributed by atoms with Gasteiger partial charge in [-0.15, -0.1) is 0 Å². The summed E-state index contributed by atoms with van der Waals surface area (Å²) in [6.07, 6.45) is 0. The van der Waals surface area contributed by atoms with Crippen LogP contribution in [0.3, 0.4) is 0 Å². The molecule has 2 aliphatic rings. The highest BCUT2D eigenvalue weighted by Gasteiger charge is 2.36. The largest absolute Gasteiger partial charge is 0.248 e. The van der Waals surface area contributed by atoms with Crippen molar-refractivity contribution in [2.24, 2.45) is 0 Å². The number of nitrogens with zero attached hydrogens (tertiary/aromatic N) is 2. The molecule has 4 aromatic carbocycles. The highest BCUT2D eigenvalue weighted by Crippen LogP contribution is 2.55. The molecule has 2 heterocycles. The van der Waals surface area contributed by atoms with E-state index in [1.807, 2.05) is 0 Å². The highest BCUT2D eigenvalue weighted by molar-refractivity contribution is 6.05. The van der Waals surface area contributed by atoms with E-state index < -0.39 is 0 Å². The Kier molecular flexibility index (Phi) is 2.64. The van der Waals surface area contributed by atoms with Gasteiger partial charge in [-0.25, -0.2) is 10.0 Å². The summed E-state index contributed by atoms with van der Waals surface area (Å²) in [5.41, 5.74) is 9.95. The molecule has 0 atom stereocenters. The van der Waals surface area contributed by atoms with Crippen molar-refractivity contribution in [2.45, 2.75) is 0 Å². The van der Waals surface area contributed by atoms with E-state index in [-0.39, 0.29) is 0 Å². The summed E-state index contributed by atoms with van der Waals surface area (Å²) in [6, 6.07) is 34.7. The second-order valence-corrected chi connectivity index (χ2v) is 6.69. The lowest BCUT2D eigenvalue weighted by atomic mass is 9.93. The SMILES string of the molecule is c1ccc2c(c1)-c1ccccc1N1c3ccccc3-c3ccccc3N21. The Morgan fingerprint density at radius 2 is 0.538 bits per heavy atom. The Morgan fingerprint density at radius 3 is 0.808 bits per heavy atom. The Labute approximate surface area is 152 Å². The van der Waals surface area contributed by atoms with Gasteiger partial charge in [0.1, 0.15) is 0 Å². The van der Waals surface area contributed by atoms with Crippen LogP contribution in [0.25, 0.3) is 22.3 Å². The molecule has 2 heteroatoms. The molecule has 0 unspecified atom stereocenters. The van der Waals surface area contributed by atoms with Gasteiger partial charge in [0.25, 0.3) is 0 Å². The van der Waals surface area contributed by atoms with Gasteiger partial charge >= 0.3 is 0 Å². The number of anilines is 4. The number of hydrazine groups is 1. The summed E-state index contributed by atoms with van der Waals surface area (Å²) in [4.78, 5) is 0. The van der Waals surface area contributed by atoms with Crippen molar-refractivity contribution in [1.29, 1.82) is 0 Å². The van der Waals surface area contributed by atoms with Gasteiger partial charge in [-0.1, -0.05) is 72.8 Å². The van der Waals surface area contributed by atoms with E-state index in [4.69, 9.17) is 0 Å². The van der Waals surface area contributed by atoms with Crippen molar-refractivity contribution < 1.29 is 0 Å². The molecule has 0 aromatic heterocycles. The monoisotopic (exact) mass is 332 g/mol. The molecular formula is C24H16N2. The normalized spacial score (nSPS) is 13.2. The molecule has 0 saturated heterocycles. The van der Waals surface area contributed by atoms with Crippen LogP contribution in [0.4, 0.5) is 22.7 Å². The minimum atomic E-state index is 1.22. The quantitative estimate of drug-likeness (QED) is 0.361. The zero-order chi connectivity index (χ0) is 17.1. The molecule has 0 aliphatic carbocycles. The van der Waals surface area contributed by atoms with E-state index in [0.29, 0.717) is 0 Å². The first-order valence-corrected chi connectivity index (χ1v) is 8.90. The summed E-state index contributed by atoms with van der Waals surface area (Å²) in [7, 11) is 0. The van der Waals surface area contributed by atoms with Crippen LogP contribution in [-0.2, 0) is 0 Å². The zero-order valence-electron chi connectivity index (χ0n) is 14.1. The van der Waals surface area contributed by atoms with E-state index in [1.54, 1.807) is 0 Å². The Hall–Kier alpha value is -3.52. The van der Waals surface area contributed by atoms with Gasteiger partial charge in [-0.05, 0) is 24.3 Å². The van der Waals surface area contributed by atoms with Crippen LogP contribution >= 0.6 is 0 Å². The topological polar surface area (TPSA) is 6.48 Å². The van der Waals surface area contributed by atoms with Gasteiger partial charge in [-0.2, -0.15) is 0 Å². The Balaban J connectivity index is 1.77. The average Bonchev–Trinajstić information content (AvgIpc) is 2.73. The summed E-state index contributed by atoms with van der Waals surface area (Å²) in [5, 5.41) is 4.71. The van der Waals surface area contributed by atoms with Crippen molar-refractivity contribution in [3.63, 3.8) is 0 Å². The first kappa shape index (κ1) is 13.7. The zero-order valence-corrected chi connectivity index (χ0v) is 14.1. The van der Waals surface area contributed by atoms with Crippen molar-refractivity contribution in [3.8, 4) is 22.3 Å². The van der Waals surface area contributed by atoms with E-state index in [2.05, 4.69) is 107 Å². The first-order chi connectivity index (χ1) is 12.9. The van der Waals surface area contributed by atoms with Crippen LogP contribution in [0.2, 0.25) is 0 Å². The fraction of sp³-hybridized carbons (Fsp3) is 0. The van der Waals surface area contributed by atoms with E-state index >= 15 is 0 Å². The van der Waals surface area contributed by atoms with Gasteiger partial charge in [0.2, 0.25) is 0 Å². The third kappa shape index (κ3) is 1.66. The summed E-state index contributed by atoms with van der Waals surface area (Å²) in [6.45, 7) is 0. The van der Waals surface area contributed by atoms with Crippen molar-refractivity contribution in [2.75, 3.05) is 10.0 Å². The standard InChI is InChI=1S/C24H16N2/c1-5-13-21-17(9-1)18-10-2-6-14-22(18)26-24-16-8-4-12-20(24)19-11-3-7-15-23(19)25(21)26/h1-16H. The number of para-hydroxylation sites is 4. The number of benzene rings is 4. The molecule has 0 amide bonds. The fourth-order valence-corrected chi connectivity index (χ4v) is 4.23. The molecule has 0 bridgehead atoms. The number of rotatable bonds is 0. The molecule has 26 heavy (non-hydrogen) atoms. The van der Waals surface area contributed by atoms with E-state index in [1.165, 1.54) is 45.0 Å². The summed E-state index contributed by atoms with van der Waals surface area (Å²) >= 11 is 0. The van der Waals surface area contributed by atoms with E-state index in [9.17, 15) is 0 Å². The second kappa shape index (κ2) is 4.99. The van der Waals surface area contributed by atoms with Crippen LogP contribution in [0.1, 0.15) is 0 Å². The number of hydrogen-bond acceptors (Lipinski definition) is 2. The molecular weight excluding hydrogens is 316 g/mol. The average molecular weight is 332 g/mol. The predicted molar refractivity (Wildman–Crippen MR) is 108 cm³/mol. The predicted octanol–water partition coefficient (Wildman–Crippen LogP) is 6.54. The highest BCUT2D eigenvalue weighted by atomic mass is 15.6. The van der Waals surface area contributed by atoms with Gasteiger partial charge in [0.15, 0.2) is 0 Å². The molecule has 0 saturated carbocycles. The van der Waals surface area contributed by atoms with Gasteiger partial charge in [-0.3, -0.25) is 0 Å². The lowest BCUT2D eigenvalue weighted by molar-refractivity contribution is 0.968. The fourth-order valence-electron chi connectivity index (χ4n) is 4.23. The maximum atomic E-state index is 2.36. The van der Waals surface area contributed by atoms with Crippen LogP contribution in [0, 0.1) is 0 Å². The molecule has 0 spiro atoms. The van der Waals surface area contributed by atoms with Crippen molar-refractivity contribution >= 4 is 22.7 Å².